The van der Waals surface area contributed by atoms with Crippen LogP contribution in [0.1, 0.15) is 25.3 Å². The number of methoxy groups -OCH3 is 1. The molecule has 0 unspecified atom stereocenters. The minimum Gasteiger partial charge on any atom is -0.467 e. The molecule has 0 radical (unpaired) electrons. The number of benzene rings is 2. The van der Waals surface area contributed by atoms with Gasteiger partial charge in [0, 0.05) is 32.1 Å². The summed E-state index contributed by atoms with van der Waals surface area (Å²) in [5.41, 5.74) is 2.44. The molecule has 1 saturated heterocycles. The predicted molar refractivity (Wildman–Crippen MR) is 135 cm³/mol. The van der Waals surface area contributed by atoms with E-state index in [0.29, 0.717) is 44.7 Å². The first-order valence-corrected chi connectivity index (χ1v) is 11.9. The van der Waals surface area contributed by atoms with Gasteiger partial charge >= 0.3 is 12.0 Å². The van der Waals surface area contributed by atoms with E-state index in [-0.39, 0.29) is 11.6 Å². The van der Waals surface area contributed by atoms with Crippen LogP contribution in [0, 0.1) is 0 Å². The normalized spacial score (nSPS) is 15.0. The van der Waals surface area contributed by atoms with Crippen molar-refractivity contribution in [2.75, 3.05) is 25.1 Å². The highest BCUT2D eigenvalue weighted by Crippen LogP contribution is 2.19. The van der Waals surface area contributed by atoms with Crippen molar-refractivity contribution in [1.82, 2.24) is 20.2 Å². The van der Waals surface area contributed by atoms with E-state index in [9.17, 15) is 14.4 Å². The number of aryl methyl sites for hydroxylation is 1. The molecule has 1 atom stereocenters. The van der Waals surface area contributed by atoms with Crippen LogP contribution in [-0.2, 0) is 22.5 Å². The fraction of sp³-hybridized carbons (Fsp3) is 0.385. The molecule has 0 aliphatic carbocycles. The number of carbonyl (C=O) groups is 2. The standard InChI is InChI=1S/C26H31N5O4/c1-3-31-22-12-8-7-11-20(22)28-23(24(31)32)30-15-13-19(14-16-30)27-26(34)29-21(25(33)35-2)17-18-9-5-4-6-10-18/h4-12,19,21H,3,13-17H2,1-2H3,(H2,27,29,34)/t21-/m0/s1. The molecular weight excluding hydrogens is 446 g/mol. The number of rotatable bonds is 7. The number of aromatic nitrogens is 2. The number of fused-ring (bicyclic) bond motifs is 1. The van der Waals surface area contributed by atoms with Crippen LogP contribution in [0.25, 0.3) is 11.0 Å². The quantitative estimate of drug-likeness (QED) is 0.507. The fourth-order valence-electron chi connectivity index (χ4n) is 4.51. The summed E-state index contributed by atoms with van der Waals surface area (Å²) in [7, 11) is 1.31. The maximum Gasteiger partial charge on any atom is 0.328 e. The van der Waals surface area contributed by atoms with Crippen molar-refractivity contribution in [2.45, 2.75) is 44.8 Å². The third kappa shape index (κ3) is 5.62. The molecule has 2 amide bonds. The van der Waals surface area contributed by atoms with Crippen molar-refractivity contribution in [3.63, 3.8) is 0 Å². The van der Waals surface area contributed by atoms with Gasteiger partial charge in [0.25, 0.3) is 5.56 Å². The molecule has 9 heteroatoms. The van der Waals surface area contributed by atoms with Crippen LogP contribution in [-0.4, -0.2) is 53.8 Å². The highest BCUT2D eigenvalue weighted by Gasteiger charge is 2.27. The van der Waals surface area contributed by atoms with Gasteiger partial charge in [0.05, 0.1) is 18.1 Å². The summed E-state index contributed by atoms with van der Waals surface area (Å²) in [4.78, 5) is 44.6. The van der Waals surface area contributed by atoms with Crippen LogP contribution in [0.4, 0.5) is 10.6 Å². The molecular formula is C26H31N5O4. The van der Waals surface area contributed by atoms with Crippen molar-refractivity contribution < 1.29 is 14.3 Å². The lowest BCUT2D eigenvalue weighted by atomic mass is 10.0. The summed E-state index contributed by atoms with van der Waals surface area (Å²) in [6.45, 7) is 3.71. The van der Waals surface area contributed by atoms with Crippen LogP contribution in [0.3, 0.4) is 0 Å². The van der Waals surface area contributed by atoms with E-state index in [1.165, 1.54) is 7.11 Å². The van der Waals surface area contributed by atoms with E-state index in [1.807, 2.05) is 66.4 Å². The van der Waals surface area contributed by atoms with Crippen molar-refractivity contribution >= 4 is 28.9 Å². The van der Waals surface area contributed by atoms with Gasteiger partial charge in [-0.05, 0) is 37.5 Å². The van der Waals surface area contributed by atoms with E-state index in [4.69, 9.17) is 4.74 Å². The number of amides is 2. The third-order valence-corrected chi connectivity index (χ3v) is 6.35. The molecule has 2 N–H and O–H groups in total. The Labute approximate surface area is 204 Å². The molecule has 184 valence electrons. The average molecular weight is 478 g/mol. The first kappa shape index (κ1) is 24.3. The summed E-state index contributed by atoms with van der Waals surface area (Å²) in [5, 5.41) is 5.71. The third-order valence-electron chi connectivity index (χ3n) is 6.35. The van der Waals surface area contributed by atoms with Gasteiger partial charge in [-0.25, -0.2) is 14.6 Å². The molecule has 0 bridgehead atoms. The Morgan fingerprint density at radius 3 is 2.46 bits per heavy atom. The van der Waals surface area contributed by atoms with Gasteiger partial charge in [0.2, 0.25) is 0 Å². The van der Waals surface area contributed by atoms with Crippen molar-refractivity contribution in [1.29, 1.82) is 0 Å². The first-order valence-electron chi connectivity index (χ1n) is 11.9. The van der Waals surface area contributed by atoms with E-state index in [0.717, 1.165) is 16.6 Å². The maximum absolute atomic E-state index is 13.1. The van der Waals surface area contributed by atoms with E-state index < -0.39 is 18.0 Å². The van der Waals surface area contributed by atoms with Gasteiger partial charge in [0.1, 0.15) is 6.04 Å². The number of nitrogens with one attached hydrogen (secondary N) is 2. The zero-order valence-corrected chi connectivity index (χ0v) is 20.1. The number of piperidine rings is 1. The van der Waals surface area contributed by atoms with Crippen LogP contribution in [0.15, 0.2) is 59.4 Å². The molecule has 9 nitrogen and oxygen atoms in total. The molecule has 1 fully saturated rings. The highest BCUT2D eigenvalue weighted by molar-refractivity contribution is 5.84. The van der Waals surface area contributed by atoms with Crippen LogP contribution < -0.4 is 21.1 Å². The number of carbonyl (C=O) groups excluding carboxylic acids is 2. The van der Waals surface area contributed by atoms with E-state index in [2.05, 4.69) is 15.6 Å². The summed E-state index contributed by atoms with van der Waals surface area (Å²) in [6.07, 6.45) is 1.67. The summed E-state index contributed by atoms with van der Waals surface area (Å²) in [5.74, 6) is -0.0459. The second-order valence-electron chi connectivity index (χ2n) is 8.62. The topological polar surface area (TPSA) is 106 Å². The van der Waals surface area contributed by atoms with E-state index >= 15 is 0 Å². The number of hydrogen-bond donors (Lipinski definition) is 2. The van der Waals surface area contributed by atoms with Crippen LogP contribution in [0.5, 0.6) is 0 Å². The Morgan fingerprint density at radius 2 is 1.77 bits per heavy atom. The molecule has 1 aromatic heterocycles. The molecule has 4 rings (SSSR count). The monoisotopic (exact) mass is 477 g/mol. The van der Waals surface area contributed by atoms with Crippen LogP contribution >= 0.6 is 0 Å². The Hall–Kier alpha value is -3.88. The fourth-order valence-corrected chi connectivity index (χ4v) is 4.51. The summed E-state index contributed by atoms with van der Waals surface area (Å²) >= 11 is 0. The van der Waals surface area contributed by atoms with Crippen molar-refractivity contribution in [2.24, 2.45) is 0 Å². The summed E-state index contributed by atoms with van der Waals surface area (Å²) < 4.78 is 6.62. The van der Waals surface area contributed by atoms with Gasteiger partial charge < -0.3 is 24.8 Å². The second-order valence-corrected chi connectivity index (χ2v) is 8.62. The molecule has 0 saturated carbocycles. The second kappa shape index (κ2) is 11.0. The number of anilines is 1. The smallest absolute Gasteiger partial charge is 0.328 e. The lowest BCUT2D eigenvalue weighted by molar-refractivity contribution is -0.142. The van der Waals surface area contributed by atoms with Gasteiger partial charge in [0.15, 0.2) is 5.82 Å². The Kier molecular flexibility index (Phi) is 7.64. The number of ether oxygens (including phenoxy) is 1. The zero-order chi connectivity index (χ0) is 24.8. The first-order chi connectivity index (χ1) is 17.0. The van der Waals surface area contributed by atoms with Gasteiger partial charge in [-0.2, -0.15) is 0 Å². The largest absolute Gasteiger partial charge is 0.467 e. The molecule has 2 heterocycles. The van der Waals surface area contributed by atoms with E-state index in [1.54, 1.807) is 4.57 Å². The predicted octanol–water partition coefficient (Wildman–Crippen LogP) is 2.47. The lowest BCUT2D eigenvalue weighted by Gasteiger charge is -2.33. The van der Waals surface area contributed by atoms with Gasteiger partial charge in [-0.3, -0.25) is 4.79 Å². The summed E-state index contributed by atoms with van der Waals surface area (Å²) in [6, 6.07) is 15.8. The van der Waals surface area contributed by atoms with Gasteiger partial charge in [-0.1, -0.05) is 42.5 Å². The Balaban J connectivity index is 1.37. The van der Waals surface area contributed by atoms with Crippen molar-refractivity contribution in [3.05, 3.63) is 70.5 Å². The number of para-hydroxylation sites is 2. The maximum atomic E-state index is 13.1. The minimum absolute atomic E-state index is 0.0740. The molecule has 1 aliphatic rings. The Bertz CT molecular complexity index is 1240. The van der Waals surface area contributed by atoms with Gasteiger partial charge in [-0.15, -0.1) is 0 Å². The van der Waals surface area contributed by atoms with Crippen molar-refractivity contribution in [3.8, 4) is 0 Å². The van der Waals surface area contributed by atoms with Crippen LogP contribution in [0.2, 0.25) is 0 Å². The molecule has 2 aromatic carbocycles. The molecule has 1 aliphatic heterocycles. The zero-order valence-electron chi connectivity index (χ0n) is 20.1. The highest BCUT2D eigenvalue weighted by atomic mass is 16.5. The number of hydrogen-bond acceptors (Lipinski definition) is 6. The SMILES string of the molecule is CCn1c(=O)c(N2CCC(NC(=O)N[C@@H](Cc3ccccc3)C(=O)OC)CC2)nc2ccccc21. The Morgan fingerprint density at radius 1 is 1.09 bits per heavy atom. The molecule has 0 spiro atoms. The molecule has 3 aromatic rings. The lowest BCUT2D eigenvalue weighted by Crippen LogP contribution is -2.53. The number of nitrogens with zero attached hydrogens (tertiary/aromatic N) is 3. The average Bonchev–Trinajstić information content (AvgIpc) is 2.88. The molecule has 35 heavy (non-hydrogen) atoms. The number of esters is 1. The minimum atomic E-state index is -0.781. The number of urea groups is 1.